The van der Waals surface area contributed by atoms with Crippen molar-refractivity contribution in [1.29, 1.82) is 0 Å². The maximum atomic E-state index is 12.3. The summed E-state index contributed by atoms with van der Waals surface area (Å²) in [4.78, 5) is 14.3. The maximum absolute atomic E-state index is 12.3. The highest BCUT2D eigenvalue weighted by Gasteiger charge is 2.43. The fourth-order valence-corrected chi connectivity index (χ4v) is 3.43. The number of urea groups is 1. The minimum Gasteiger partial charge on any atom is -0.381 e. The van der Waals surface area contributed by atoms with Crippen LogP contribution < -0.4 is 5.32 Å². The number of carbonyl (C=O) groups is 1. The third-order valence-electron chi connectivity index (χ3n) is 5.05. The zero-order chi connectivity index (χ0) is 13.3. The van der Waals surface area contributed by atoms with Crippen molar-refractivity contribution in [2.45, 2.75) is 51.5 Å². The number of ether oxygens (including phenoxy) is 1. The van der Waals surface area contributed by atoms with Gasteiger partial charge < -0.3 is 15.0 Å². The smallest absolute Gasteiger partial charge is 0.317 e. The second-order valence-electron chi connectivity index (χ2n) is 6.71. The van der Waals surface area contributed by atoms with Gasteiger partial charge in [-0.15, -0.1) is 0 Å². The Hall–Kier alpha value is -0.770. The lowest BCUT2D eigenvalue weighted by molar-refractivity contribution is 0.152. The van der Waals surface area contributed by atoms with Gasteiger partial charge in [0.25, 0.3) is 0 Å². The van der Waals surface area contributed by atoms with Crippen LogP contribution in [0.4, 0.5) is 4.79 Å². The monoisotopic (exact) mass is 266 g/mol. The topological polar surface area (TPSA) is 41.6 Å². The Balaban J connectivity index is 1.49. The second-order valence-corrected chi connectivity index (χ2v) is 6.71. The minimum atomic E-state index is 0.149. The molecule has 1 N–H and O–H groups in total. The molecule has 1 saturated carbocycles. The van der Waals surface area contributed by atoms with Crippen molar-refractivity contribution in [2.24, 2.45) is 11.3 Å². The predicted molar refractivity (Wildman–Crippen MR) is 74.0 cm³/mol. The summed E-state index contributed by atoms with van der Waals surface area (Å²) >= 11 is 0. The van der Waals surface area contributed by atoms with Crippen LogP contribution in [0.2, 0.25) is 0 Å². The zero-order valence-electron chi connectivity index (χ0n) is 12.0. The van der Waals surface area contributed by atoms with E-state index < -0.39 is 0 Å². The van der Waals surface area contributed by atoms with Crippen molar-refractivity contribution in [1.82, 2.24) is 10.2 Å². The van der Waals surface area contributed by atoms with Crippen LogP contribution in [0, 0.1) is 11.3 Å². The largest absolute Gasteiger partial charge is 0.381 e. The number of carbonyl (C=O) groups excluding carboxylic acids is 1. The molecule has 4 heteroatoms. The standard InChI is InChI=1S/C15H26N2O2/c1-2-13(9-12-3-4-12)16-14(18)17-7-5-15(10-17)6-8-19-11-15/h12-13H,2-11H2,1H3,(H,16,18)/t13-,15-/m0/s1. The Bertz CT molecular complexity index is 335. The molecule has 2 amide bonds. The number of hydrogen-bond donors (Lipinski definition) is 1. The summed E-state index contributed by atoms with van der Waals surface area (Å²) in [6.45, 7) is 5.67. The molecule has 0 aromatic rings. The van der Waals surface area contributed by atoms with Gasteiger partial charge in [0.1, 0.15) is 0 Å². The highest BCUT2D eigenvalue weighted by molar-refractivity contribution is 5.75. The van der Waals surface area contributed by atoms with Gasteiger partial charge in [0.15, 0.2) is 0 Å². The number of nitrogens with one attached hydrogen (secondary N) is 1. The van der Waals surface area contributed by atoms with Crippen LogP contribution in [0.1, 0.15) is 45.4 Å². The fraction of sp³-hybridized carbons (Fsp3) is 0.933. The summed E-state index contributed by atoms with van der Waals surface area (Å²) in [6, 6.07) is 0.521. The summed E-state index contributed by atoms with van der Waals surface area (Å²) in [5.74, 6) is 0.874. The molecule has 0 bridgehead atoms. The number of rotatable bonds is 4. The molecule has 1 spiro atoms. The maximum Gasteiger partial charge on any atom is 0.317 e. The van der Waals surface area contributed by atoms with Crippen LogP contribution in [0.3, 0.4) is 0 Å². The normalized spacial score (nSPS) is 31.9. The van der Waals surface area contributed by atoms with E-state index in [1.54, 1.807) is 0 Å². The summed E-state index contributed by atoms with van der Waals surface area (Å²) in [7, 11) is 0. The molecule has 19 heavy (non-hydrogen) atoms. The van der Waals surface area contributed by atoms with E-state index in [1.807, 2.05) is 4.90 Å². The van der Waals surface area contributed by atoms with E-state index in [9.17, 15) is 4.79 Å². The van der Waals surface area contributed by atoms with Crippen LogP contribution in [-0.4, -0.2) is 43.3 Å². The molecule has 0 radical (unpaired) electrons. The van der Waals surface area contributed by atoms with E-state index in [4.69, 9.17) is 4.74 Å². The van der Waals surface area contributed by atoms with Crippen molar-refractivity contribution >= 4 is 6.03 Å². The number of likely N-dealkylation sites (tertiary alicyclic amines) is 1. The van der Waals surface area contributed by atoms with Gasteiger partial charge in [-0.1, -0.05) is 19.8 Å². The van der Waals surface area contributed by atoms with Gasteiger partial charge in [-0.25, -0.2) is 4.79 Å². The fourth-order valence-electron chi connectivity index (χ4n) is 3.43. The number of hydrogen-bond acceptors (Lipinski definition) is 2. The van der Waals surface area contributed by atoms with Crippen LogP contribution in [0.15, 0.2) is 0 Å². The molecule has 4 nitrogen and oxygen atoms in total. The first kappa shape index (κ1) is 13.2. The predicted octanol–water partition coefficient (Wildman–Crippen LogP) is 2.39. The van der Waals surface area contributed by atoms with Gasteiger partial charge in [0, 0.05) is 31.2 Å². The van der Waals surface area contributed by atoms with Gasteiger partial charge in [-0.2, -0.15) is 0 Å². The summed E-state index contributed by atoms with van der Waals surface area (Å²) < 4.78 is 5.52. The lowest BCUT2D eigenvalue weighted by atomic mass is 9.87. The summed E-state index contributed by atoms with van der Waals surface area (Å²) in [5.41, 5.74) is 0.273. The van der Waals surface area contributed by atoms with E-state index in [0.29, 0.717) is 6.04 Å². The van der Waals surface area contributed by atoms with Gasteiger partial charge in [-0.3, -0.25) is 0 Å². The number of amides is 2. The quantitative estimate of drug-likeness (QED) is 0.849. The SMILES string of the molecule is CC[C@@H](CC1CC1)NC(=O)N1CC[C@]2(CCOC2)C1. The van der Waals surface area contributed by atoms with Crippen LogP contribution in [0.5, 0.6) is 0 Å². The first-order chi connectivity index (χ1) is 9.21. The third-order valence-corrected chi connectivity index (χ3v) is 5.05. The molecule has 3 fully saturated rings. The highest BCUT2D eigenvalue weighted by atomic mass is 16.5. The second kappa shape index (κ2) is 5.31. The van der Waals surface area contributed by atoms with Crippen LogP contribution in [-0.2, 0) is 4.74 Å². The molecule has 108 valence electrons. The summed E-state index contributed by atoms with van der Waals surface area (Å²) in [5, 5.41) is 3.23. The van der Waals surface area contributed by atoms with Crippen LogP contribution in [0.25, 0.3) is 0 Å². The Kier molecular flexibility index (Phi) is 3.70. The van der Waals surface area contributed by atoms with Gasteiger partial charge in [-0.05, 0) is 31.6 Å². The van der Waals surface area contributed by atoms with E-state index in [0.717, 1.165) is 51.5 Å². The molecule has 3 aliphatic rings. The minimum absolute atomic E-state index is 0.149. The Morgan fingerprint density at radius 1 is 1.47 bits per heavy atom. The van der Waals surface area contributed by atoms with Crippen molar-refractivity contribution in [3.63, 3.8) is 0 Å². The van der Waals surface area contributed by atoms with Gasteiger partial charge in [0.2, 0.25) is 0 Å². The van der Waals surface area contributed by atoms with Crippen molar-refractivity contribution in [3.8, 4) is 0 Å². The van der Waals surface area contributed by atoms with Crippen molar-refractivity contribution < 1.29 is 9.53 Å². The average Bonchev–Trinajstić information content (AvgIpc) is 2.96. The first-order valence-electron chi connectivity index (χ1n) is 7.84. The molecule has 2 saturated heterocycles. The Morgan fingerprint density at radius 3 is 2.95 bits per heavy atom. The highest BCUT2D eigenvalue weighted by Crippen LogP contribution is 2.38. The molecular formula is C15H26N2O2. The zero-order valence-corrected chi connectivity index (χ0v) is 12.0. The first-order valence-corrected chi connectivity index (χ1v) is 7.84. The molecule has 1 aliphatic carbocycles. The van der Waals surface area contributed by atoms with Gasteiger partial charge in [0.05, 0.1) is 6.61 Å². The molecule has 0 unspecified atom stereocenters. The molecule has 0 aromatic heterocycles. The Morgan fingerprint density at radius 2 is 2.32 bits per heavy atom. The lowest BCUT2D eigenvalue weighted by Gasteiger charge is -2.25. The van der Waals surface area contributed by atoms with E-state index in [2.05, 4.69) is 12.2 Å². The van der Waals surface area contributed by atoms with E-state index in [1.165, 1.54) is 19.3 Å². The molecule has 2 atom stereocenters. The average molecular weight is 266 g/mol. The molecule has 2 heterocycles. The van der Waals surface area contributed by atoms with E-state index >= 15 is 0 Å². The van der Waals surface area contributed by atoms with Crippen molar-refractivity contribution in [2.75, 3.05) is 26.3 Å². The van der Waals surface area contributed by atoms with Crippen molar-refractivity contribution in [3.05, 3.63) is 0 Å². The molecule has 2 aliphatic heterocycles. The van der Waals surface area contributed by atoms with Gasteiger partial charge >= 0.3 is 6.03 Å². The van der Waals surface area contributed by atoms with E-state index in [-0.39, 0.29) is 11.4 Å². The summed E-state index contributed by atoms with van der Waals surface area (Å²) in [6.07, 6.45) is 7.16. The number of nitrogens with zero attached hydrogens (tertiary/aromatic N) is 1. The molecule has 0 aromatic carbocycles. The van der Waals surface area contributed by atoms with Crippen LogP contribution >= 0.6 is 0 Å². The Labute approximate surface area is 115 Å². The molecular weight excluding hydrogens is 240 g/mol. The lowest BCUT2D eigenvalue weighted by Crippen LogP contribution is -2.44. The third kappa shape index (κ3) is 3.04. The molecule has 3 rings (SSSR count).